The van der Waals surface area contributed by atoms with Gasteiger partial charge in [0.15, 0.2) is 5.13 Å². The van der Waals surface area contributed by atoms with Gasteiger partial charge < -0.3 is 14.7 Å². The van der Waals surface area contributed by atoms with Crippen LogP contribution in [0.2, 0.25) is 0 Å². The fourth-order valence-electron chi connectivity index (χ4n) is 5.29. The van der Waals surface area contributed by atoms with Crippen molar-refractivity contribution in [2.24, 2.45) is 11.8 Å². The molecule has 164 valence electrons. The zero-order valence-electron chi connectivity index (χ0n) is 18.0. The average Bonchev–Trinajstić information content (AvgIpc) is 2.97. The summed E-state index contributed by atoms with van der Waals surface area (Å²) in [4.78, 5) is 38.4. The molecule has 4 aliphatic rings. The smallest absolute Gasteiger partial charge is 0.226 e. The third-order valence-electron chi connectivity index (χ3n) is 7.51. The van der Waals surface area contributed by atoms with Gasteiger partial charge in [-0.3, -0.25) is 9.59 Å². The molecule has 1 saturated carbocycles. The zero-order chi connectivity index (χ0) is 20.5. The molecular formula is C23H34N4O2S. The Morgan fingerprint density at radius 2 is 1.43 bits per heavy atom. The summed E-state index contributed by atoms with van der Waals surface area (Å²) in [6.07, 6.45) is 10.9. The fraction of sp³-hybridized carbons (Fsp3) is 0.783. The molecule has 1 atom stereocenters. The number of piperazine rings is 1. The first-order chi connectivity index (χ1) is 14.7. The van der Waals surface area contributed by atoms with Crippen LogP contribution in [0.1, 0.15) is 61.9 Å². The summed E-state index contributed by atoms with van der Waals surface area (Å²) in [6, 6.07) is 0. The molecule has 3 heterocycles. The van der Waals surface area contributed by atoms with Crippen LogP contribution in [0.4, 0.5) is 5.13 Å². The van der Waals surface area contributed by atoms with Crippen LogP contribution in [0.25, 0.3) is 0 Å². The number of hydrogen-bond donors (Lipinski definition) is 0. The van der Waals surface area contributed by atoms with E-state index in [-0.39, 0.29) is 5.92 Å². The van der Waals surface area contributed by atoms with E-state index in [2.05, 4.69) is 14.7 Å². The van der Waals surface area contributed by atoms with Gasteiger partial charge in [-0.25, -0.2) is 4.98 Å². The fourth-order valence-corrected chi connectivity index (χ4v) is 6.53. The SMILES string of the molecule is O=C(C1CCC1)N1CCN(c2nc3c(s2)CC(C(=O)N2CCCCCC2)CC3)CC1. The molecule has 2 aliphatic heterocycles. The normalized spacial score (nSPS) is 25.5. The number of thiazole rings is 1. The summed E-state index contributed by atoms with van der Waals surface area (Å²) in [6.45, 7) is 5.27. The average molecular weight is 431 g/mol. The van der Waals surface area contributed by atoms with Crippen LogP contribution in [0.5, 0.6) is 0 Å². The quantitative estimate of drug-likeness (QED) is 0.739. The Morgan fingerprint density at radius 1 is 0.767 bits per heavy atom. The van der Waals surface area contributed by atoms with E-state index in [4.69, 9.17) is 4.98 Å². The first-order valence-corrected chi connectivity index (χ1v) is 12.8. The number of likely N-dealkylation sites (tertiary alicyclic amines) is 1. The highest BCUT2D eigenvalue weighted by Gasteiger charge is 2.34. The molecule has 1 unspecified atom stereocenters. The molecule has 1 aromatic heterocycles. The number of carbonyl (C=O) groups excluding carboxylic acids is 2. The van der Waals surface area contributed by atoms with Crippen molar-refractivity contribution in [3.05, 3.63) is 10.6 Å². The summed E-state index contributed by atoms with van der Waals surface area (Å²) < 4.78 is 0. The Kier molecular flexibility index (Phi) is 5.98. The van der Waals surface area contributed by atoms with E-state index < -0.39 is 0 Å². The number of fused-ring (bicyclic) bond motifs is 1. The van der Waals surface area contributed by atoms with Gasteiger partial charge in [-0.15, -0.1) is 11.3 Å². The molecule has 3 fully saturated rings. The van der Waals surface area contributed by atoms with Gasteiger partial charge in [-0.1, -0.05) is 19.3 Å². The number of aromatic nitrogens is 1. The van der Waals surface area contributed by atoms with Crippen LogP contribution in [0.3, 0.4) is 0 Å². The second-order valence-electron chi connectivity index (χ2n) is 9.49. The molecule has 0 radical (unpaired) electrons. The van der Waals surface area contributed by atoms with Gasteiger partial charge >= 0.3 is 0 Å². The predicted octanol–water partition coefficient (Wildman–Crippen LogP) is 3.10. The van der Waals surface area contributed by atoms with Gasteiger partial charge in [0, 0.05) is 56.0 Å². The minimum Gasteiger partial charge on any atom is -0.345 e. The van der Waals surface area contributed by atoms with Crippen LogP contribution in [0.15, 0.2) is 0 Å². The zero-order valence-corrected chi connectivity index (χ0v) is 18.8. The van der Waals surface area contributed by atoms with Gasteiger partial charge in [0.05, 0.1) is 5.69 Å². The van der Waals surface area contributed by atoms with E-state index in [1.807, 2.05) is 0 Å². The maximum absolute atomic E-state index is 13.1. The highest BCUT2D eigenvalue weighted by molar-refractivity contribution is 7.15. The second kappa shape index (κ2) is 8.85. The molecule has 5 rings (SSSR count). The van der Waals surface area contributed by atoms with E-state index in [0.717, 1.165) is 89.3 Å². The van der Waals surface area contributed by atoms with E-state index >= 15 is 0 Å². The van der Waals surface area contributed by atoms with Gasteiger partial charge in [-0.2, -0.15) is 0 Å². The highest BCUT2D eigenvalue weighted by atomic mass is 32.1. The summed E-state index contributed by atoms with van der Waals surface area (Å²) in [5.41, 5.74) is 1.21. The predicted molar refractivity (Wildman–Crippen MR) is 119 cm³/mol. The summed E-state index contributed by atoms with van der Waals surface area (Å²) in [7, 11) is 0. The van der Waals surface area contributed by atoms with Gasteiger partial charge in [0.2, 0.25) is 11.8 Å². The summed E-state index contributed by atoms with van der Waals surface area (Å²) in [5.74, 6) is 1.18. The maximum Gasteiger partial charge on any atom is 0.226 e. The van der Waals surface area contributed by atoms with Gasteiger partial charge in [-0.05, 0) is 44.9 Å². The van der Waals surface area contributed by atoms with E-state index in [9.17, 15) is 9.59 Å². The van der Waals surface area contributed by atoms with Gasteiger partial charge in [0.1, 0.15) is 0 Å². The molecule has 2 aliphatic carbocycles. The molecule has 2 saturated heterocycles. The Bertz CT molecular complexity index is 774. The first-order valence-electron chi connectivity index (χ1n) is 12.0. The lowest BCUT2D eigenvalue weighted by Gasteiger charge is -2.38. The molecule has 2 amide bonds. The lowest BCUT2D eigenvalue weighted by molar-refractivity contribution is -0.138. The molecule has 7 heteroatoms. The third kappa shape index (κ3) is 4.10. The minimum atomic E-state index is 0.140. The Labute approximate surface area is 183 Å². The van der Waals surface area contributed by atoms with Crippen molar-refractivity contribution in [1.29, 1.82) is 0 Å². The lowest BCUT2D eigenvalue weighted by Crippen LogP contribution is -2.51. The summed E-state index contributed by atoms with van der Waals surface area (Å²) in [5, 5.41) is 1.10. The third-order valence-corrected chi connectivity index (χ3v) is 8.69. The number of aryl methyl sites for hydroxylation is 1. The van der Waals surface area contributed by atoms with Crippen molar-refractivity contribution < 1.29 is 9.59 Å². The molecule has 6 nitrogen and oxygen atoms in total. The summed E-state index contributed by atoms with van der Waals surface area (Å²) >= 11 is 1.79. The second-order valence-corrected chi connectivity index (χ2v) is 10.5. The minimum absolute atomic E-state index is 0.140. The van der Waals surface area contributed by atoms with Crippen LogP contribution >= 0.6 is 11.3 Å². The Morgan fingerprint density at radius 3 is 2.10 bits per heavy atom. The monoisotopic (exact) mass is 430 g/mol. The maximum atomic E-state index is 13.1. The number of hydrogen-bond acceptors (Lipinski definition) is 5. The van der Waals surface area contributed by atoms with E-state index in [1.165, 1.54) is 29.8 Å². The van der Waals surface area contributed by atoms with Crippen molar-refractivity contribution in [2.75, 3.05) is 44.2 Å². The molecule has 0 bridgehead atoms. The Hall–Kier alpha value is -1.63. The highest BCUT2D eigenvalue weighted by Crippen LogP contribution is 2.36. The number of anilines is 1. The van der Waals surface area contributed by atoms with Crippen molar-refractivity contribution in [3.63, 3.8) is 0 Å². The largest absolute Gasteiger partial charge is 0.345 e. The number of carbonyl (C=O) groups is 2. The van der Waals surface area contributed by atoms with Crippen LogP contribution in [-0.2, 0) is 22.4 Å². The molecule has 30 heavy (non-hydrogen) atoms. The lowest BCUT2D eigenvalue weighted by atomic mass is 9.84. The van der Waals surface area contributed by atoms with E-state index in [0.29, 0.717) is 17.7 Å². The molecular weight excluding hydrogens is 396 g/mol. The first kappa shape index (κ1) is 20.3. The van der Waals surface area contributed by atoms with Gasteiger partial charge in [0.25, 0.3) is 0 Å². The van der Waals surface area contributed by atoms with Crippen molar-refractivity contribution in [2.45, 2.75) is 64.2 Å². The Balaban J connectivity index is 1.18. The standard InChI is InChI=1S/C23H34N4O2S/c28-21(17-6-5-7-17)26-12-14-27(15-13-26)23-24-19-9-8-18(16-20(19)30-23)22(29)25-10-3-1-2-4-11-25/h17-18H,1-16H2. The molecule has 0 spiro atoms. The molecule has 0 aromatic carbocycles. The molecule has 0 N–H and O–H groups in total. The topological polar surface area (TPSA) is 56.8 Å². The number of nitrogens with zero attached hydrogens (tertiary/aromatic N) is 4. The van der Waals surface area contributed by atoms with Crippen molar-refractivity contribution >= 4 is 28.3 Å². The van der Waals surface area contributed by atoms with Crippen LogP contribution in [0, 0.1) is 11.8 Å². The van der Waals surface area contributed by atoms with Crippen molar-refractivity contribution in [3.8, 4) is 0 Å². The van der Waals surface area contributed by atoms with E-state index in [1.54, 1.807) is 11.3 Å². The van der Waals surface area contributed by atoms with Crippen molar-refractivity contribution in [1.82, 2.24) is 14.8 Å². The number of rotatable bonds is 3. The molecule has 1 aromatic rings. The van der Waals surface area contributed by atoms with Crippen LogP contribution in [-0.4, -0.2) is 65.9 Å². The van der Waals surface area contributed by atoms with Crippen LogP contribution < -0.4 is 4.90 Å². The number of amides is 2.